The summed E-state index contributed by atoms with van der Waals surface area (Å²) in [6.07, 6.45) is 7.18. The predicted octanol–water partition coefficient (Wildman–Crippen LogP) is 2.87. The first-order valence-electron chi connectivity index (χ1n) is 2.39. The number of hydrogen-bond acceptors (Lipinski definition) is 0. The van der Waals surface area contributed by atoms with Gasteiger partial charge in [0.25, 0.3) is 0 Å². The maximum Gasteiger partial charge on any atom is 0.0150 e. The highest BCUT2D eigenvalue weighted by atomic mass is 35.5. The molecule has 0 atom stereocenters. The third kappa shape index (κ3) is 5.51. The molecule has 0 aromatic rings. The summed E-state index contributed by atoms with van der Waals surface area (Å²) in [5.74, 6) is 0. The molecule has 0 rings (SSSR count). The average Bonchev–Trinajstić information content (AvgIpc) is 1.66. The van der Waals surface area contributed by atoms with Gasteiger partial charge in [0, 0.05) is 5.03 Å². The summed E-state index contributed by atoms with van der Waals surface area (Å²) in [5, 5.41) is 0.781. The van der Waals surface area contributed by atoms with E-state index in [-0.39, 0.29) is 0 Å². The molecule has 0 saturated heterocycles. The fraction of sp³-hybridized carbons (Fsp3) is 0.143. The van der Waals surface area contributed by atoms with Crippen molar-refractivity contribution in [2.75, 3.05) is 0 Å². The third-order valence-electron chi connectivity index (χ3n) is 0.573. The number of rotatable bonds is 2. The molecular weight excluding hydrogens is 120 g/mol. The second-order valence-corrected chi connectivity index (χ2v) is 1.97. The van der Waals surface area contributed by atoms with E-state index < -0.39 is 0 Å². The molecular formula is C7H9Cl. The molecule has 0 N–H and O–H groups in total. The zero-order valence-electron chi connectivity index (χ0n) is 4.89. The van der Waals surface area contributed by atoms with Crippen molar-refractivity contribution >= 4 is 11.6 Å². The molecule has 0 nitrogen and oxygen atoms in total. The first-order valence-corrected chi connectivity index (χ1v) is 2.76. The Bertz CT molecular complexity index is 116. The van der Waals surface area contributed by atoms with Crippen LogP contribution in [-0.4, -0.2) is 0 Å². The molecule has 0 aliphatic rings. The molecule has 0 saturated carbocycles. The fourth-order valence-corrected chi connectivity index (χ4v) is 0.339. The lowest BCUT2D eigenvalue weighted by Gasteiger charge is -1.75. The van der Waals surface area contributed by atoms with Gasteiger partial charge in [-0.05, 0) is 13.0 Å². The summed E-state index contributed by atoms with van der Waals surface area (Å²) in [6, 6.07) is 0. The Hall–Kier alpha value is -0.490. The quantitative estimate of drug-likeness (QED) is 0.502. The molecule has 0 fully saturated rings. The summed E-state index contributed by atoms with van der Waals surface area (Å²) >= 11 is 5.49. The lowest BCUT2D eigenvalue weighted by Crippen LogP contribution is -1.52. The minimum Gasteiger partial charge on any atom is -0.0991 e. The summed E-state index contributed by atoms with van der Waals surface area (Å²) in [7, 11) is 0. The van der Waals surface area contributed by atoms with Gasteiger partial charge in [0.05, 0.1) is 0 Å². The van der Waals surface area contributed by atoms with Crippen LogP contribution in [0.25, 0.3) is 0 Å². The van der Waals surface area contributed by atoms with Crippen molar-refractivity contribution < 1.29 is 0 Å². The van der Waals surface area contributed by atoms with Crippen molar-refractivity contribution in [2.24, 2.45) is 0 Å². The minimum atomic E-state index is 0.781. The molecule has 0 bridgehead atoms. The second-order valence-electron chi connectivity index (χ2n) is 1.37. The molecule has 0 spiro atoms. The number of hydrogen-bond donors (Lipinski definition) is 0. The molecule has 0 radical (unpaired) electrons. The van der Waals surface area contributed by atoms with E-state index in [1.807, 2.05) is 25.2 Å². The van der Waals surface area contributed by atoms with Gasteiger partial charge < -0.3 is 0 Å². The molecule has 0 aromatic heterocycles. The van der Waals surface area contributed by atoms with Gasteiger partial charge in [-0.15, -0.1) is 0 Å². The van der Waals surface area contributed by atoms with Gasteiger partial charge in [-0.3, -0.25) is 0 Å². The van der Waals surface area contributed by atoms with E-state index >= 15 is 0 Å². The van der Waals surface area contributed by atoms with E-state index in [0.29, 0.717) is 0 Å². The lowest BCUT2D eigenvalue weighted by molar-refractivity contribution is 1.66. The molecule has 0 heterocycles. The van der Waals surface area contributed by atoms with Crippen LogP contribution < -0.4 is 0 Å². The summed E-state index contributed by atoms with van der Waals surface area (Å²) < 4.78 is 0. The Kier molecular flexibility index (Phi) is 4.38. The highest BCUT2D eigenvalue weighted by Gasteiger charge is 1.69. The van der Waals surface area contributed by atoms with Crippen LogP contribution >= 0.6 is 11.6 Å². The Morgan fingerprint density at radius 1 is 1.50 bits per heavy atom. The minimum absolute atomic E-state index is 0.781. The van der Waals surface area contributed by atoms with Gasteiger partial charge in [0.1, 0.15) is 0 Å². The SMILES string of the molecule is C=C/C=C\C=C(\C)Cl. The van der Waals surface area contributed by atoms with Crippen molar-refractivity contribution in [1.29, 1.82) is 0 Å². The lowest BCUT2D eigenvalue weighted by atomic mass is 10.4. The van der Waals surface area contributed by atoms with Gasteiger partial charge in [0.15, 0.2) is 0 Å². The largest absolute Gasteiger partial charge is 0.0991 e. The normalized spacial score (nSPS) is 12.5. The zero-order valence-corrected chi connectivity index (χ0v) is 5.65. The molecule has 0 amide bonds. The van der Waals surface area contributed by atoms with Crippen molar-refractivity contribution in [3.63, 3.8) is 0 Å². The Labute approximate surface area is 55.2 Å². The van der Waals surface area contributed by atoms with Crippen molar-refractivity contribution in [3.05, 3.63) is 35.9 Å². The topological polar surface area (TPSA) is 0 Å². The molecule has 8 heavy (non-hydrogen) atoms. The first kappa shape index (κ1) is 7.51. The Morgan fingerprint density at radius 3 is 2.50 bits per heavy atom. The van der Waals surface area contributed by atoms with E-state index in [9.17, 15) is 0 Å². The van der Waals surface area contributed by atoms with E-state index in [1.54, 1.807) is 6.08 Å². The van der Waals surface area contributed by atoms with Crippen LogP contribution in [0.1, 0.15) is 6.92 Å². The standard InChI is InChI=1S/C7H9Cl/c1-3-4-5-6-7(2)8/h3-6H,1H2,2H3/b5-4-,7-6-. The first-order chi connectivity index (χ1) is 3.77. The van der Waals surface area contributed by atoms with E-state index in [4.69, 9.17) is 11.6 Å². The summed E-state index contributed by atoms with van der Waals surface area (Å²) in [5.41, 5.74) is 0. The van der Waals surface area contributed by atoms with E-state index in [2.05, 4.69) is 6.58 Å². The summed E-state index contributed by atoms with van der Waals surface area (Å²) in [4.78, 5) is 0. The average molecular weight is 129 g/mol. The Morgan fingerprint density at radius 2 is 2.12 bits per heavy atom. The Balaban J connectivity index is 3.57. The predicted molar refractivity (Wildman–Crippen MR) is 38.9 cm³/mol. The highest BCUT2D eigenvalue weighted by Crippen LogP contribution is 1.96. The van der Waals surface area contributed by atoms with Gasteiger partial charge in [-0.2, -0.15) is 0 Å². The van der Waals surface area contributed by atoms with Crippen LogP contribution in [0.3, 0.4) is 0 Å². The van der Waals surface area contributed by atoms with Crippen molar-refractivity contribution in [1.82, 2.24) is 0 Å². The molecule has 0 aliphatic carbocycles. The van der Waals surface area contributed by atoms with Crippen LogP contribution in [-0.2, 0) is 0 Å². The van der Waals surface area contributed by atoms with Gasteiger partial charge in [0.2, 0.25) is 0 Å². The molecule has 0 aromatic carbocycles. The van der Waals surface area contributed by atoms with E-state index in [1.165, 1.54) is 0 Å². The van der Waals surface area contributed by atoms with E-state index in [0.717, 1.165) is 5.03 Å². The molecule has 0 aliphatic heterocycles. The molecule has 0 unspecified atom stereocenters. The second kappa shape index (κ2) is 4.66. The van der Waals surface area contributed by atoms with Crippen LogP contribution in [0.15, 0.2) is 35.9 Å². The number of allylic oxidation sites excluding steroid dienone is 5. The van der Waals surface area contributed by atoms with Crippen LogP contribution in [0, 0.1) is 0 Å². The van der Waals surface area contributed by atoms with Crippen molar-refractivity contribution in [3.8, 4) is 0 Å². The maximum absolute atomic E-state index is 5.49. The third-order valence-corrected chi connectivity index (χ3v) is 0.699. The maximum atomic E-state index is 5.49. The zero-order chi connectivity index (χ0) is 6.41. The van der Waals surface area contributed by atoms with Crippen LogP contribution in [0.5, 0.6) is 0 Å². The summed E-state index contributed by atoms with van der Waals surface area (Å²) in [6.45, 7) is 5.33. The highest BCUT2D eigenvalue weighted by molar-refractivity contribution is 6.29. The van der Waals surface area contributed by atoms with Gasteiger partial charge >= 0.3 is 0 Å². The monoisotopic (exact) mass is 128 g/mol. The smallest absolute Gasteiger partial charge is 0.0150 e. The van der Waals surface area contributed by atoms with Crippen LogP contribution in [0.2, 0.25) is 0 Å². The van der Waals surface area contributed by atoms with Gasteiger partial charge in [-0.25, -0.2) is 0 Å². The molecule has 1 heteroatoms. The van der Waals surface area contributed by atoms with Gasteiger partial charge in [-0.1, -0.05) is 36.4 Å². The molecule has 44 valence electrons. The fourth-order valence-electron chi connectivity index (χ4n) is 0.267. The number of halogens is 1. The van der Waals surface area contributed by atoms with Crippen LogP contribution in [0.4, 0.5) is 0 Å². The van der Waals surface area contributed by atoms with Crippen molar-refractivity contribution in [2.45, 2.75) is 6.92 Å².